The number of hydrogen-bond acceptors (Lipinski definition) is 3. The van der Waals surface area contributed by atoms with Gasteiger partial charge in [0.1, 0.15) is 22.9 Å². The van der Waals surface area contributed by atoms with E-state index in [4.69, 9.17) is 9.15 Å². The molecule has 4 heteroatoms. The SMILES string of the molecule is N#Cc1ccc(-c2ccc3oc4c(c3c2)CC2C(=C4)Oc3ccc(-c4ccccc4)cc32)c(-n2c3ccccc3c3ccccc32)c1. The van der Waals surface area contributed by atoms with Crippen LogP contribution in [0.1, 0.15) is 28.4 Å². The zero-order chi connectivity index (χ0) is 31.1. The van der Waals surface area contributed by atoms with Crippen LogP contribution in [-0.4, -0.2) is 4.57 Å². The Kier molecular flexibility index (Phi) is 5.44. The molecule has 1 aliphatic carbocycles. The Labute approximate surface area is 271 Å². The fraction of sp³-hybridized carbons (Fsp3) is 0.0465. The van der Waals surface area contributed by atoms with Gasteiger partial charge in [-0.2, -0.15) is 5.26 Å². The van der Waals surface area contributed by atoms with Crippen LogP contribution in [0.15, 0.2) is 144 Å². The highest BCUT2D eigenvalue weighted by atomic mass is 16.5. The van der Waals surface area contributed by atoms with Crippen LogP contribution >= 0.6 is 0 Å². The number of furan rings is 1. The summed E-state index contributed by atoms with van der Waals surface area (Å²) in [6, 6.07) is 48.8. The lowest BCUT2D eigenvalue weighted by Crippen LogP contribution is -2.08. The fourth-order valence-electron chi connectivity index (χ4n) is 7.62. The number of ether oxygens (including phenoxy) is 1. The summed E-state index contributed by atoms with van der Waals surface area (Å²) in [5, 5.41) is 13.4. The topological polar surface area (TPSA) is 51.1 Å². The van der Waals surface area contributed by atoms with E-state index in [1.165, 1.54) is 33.0 Å². The molecule has 0 saturated heterocycles. The maximum Gasteiger partial charge on any atom is 0.135 e. The number of nitriles is 1. The highest BCUT2D eigenvalue weighted by molar-refractivity contribution is 6.10. The van der Waals surface area contributed by atoms with Gasteiger partial charge in [0.05, 0.1) is 34.3 Å². The van der Waals surface area contributed by atoms with Gasteiger partial charge in [-0.1, -0.05) is 84.9 Å². The molecule has 4 nitrogen and oxygen atoms in total. The molecule has 0 saturated carbocycles. The molecule has 1 atom stereocenters. The summed E-state index contributed by atoms with van der Waals surface area (Å²) in [5.74, 6) is 2.86. The molecule has 0 fully saturated rings. The van der Waals surface area contributed by atoms with Gasteiger partial charge < -0.3 is 13.7 Å². The van der Waals surface area contributed by atoms with E-state index in [-0.39, 0.29) is 5.92 Å². The summed E-state index contributed by atoms with van der Waals surface area (Å²) in [6.07, 6.45) is 2.88. The minimum atomic E-state index is 0.133. The molecule has 0 amide bonds. The van der Waals surface area contributed by atoms with Gasteiger partial charge in [-0.15, -0.1) is 0 Å². The van der Waals surface area contributed by atoms with E-state index in [2.05, 4.69) is 132 Å². The second-order valence-corrected chi connectivity index (χ2v) is 12.4. The van der Waals surface area contributed by atoms with Crippen LogP contribution in [0.3, 0.4) is 0 Å². The Bertz CT molecular complexity index is 2600. The van der Waals surface area contributed by atoms with Crippen LogP contribution in [0, 0.1) is 11.3 Å². The van der Waals surface area contributed by atoms with Crippen molar-refractivity contribution < 1.29 is 9.15 Å². The van der Waals surface area contributed by atoms with Gasteiger partial charge in [0.15, 0.2) is 0 Å². The van der Waals surface area contributed by atoms with Crippen molar-refractivity contribution in [2.24, 2.45) is 0 Å². The maximum absolute atomic E-state index is 9.93. The number of aromatic nitrogens is 1. The summed E-state index contributed by atoms with van der Waals surface area (Å²) in [4.78, 5) is 0. The molecule has 3 heterocycles. The number of rotatable bonds is 3. The van der Waals surface area contributed by atoms with E-state index in [0.717, 1.165) is 62.5 Å². The summed E-state index contributed by atoms with van der Waals surface area (Å²) in [7, 11) is 0. The molecule has 8 aromatic rings. The van der Waals surface area contributed by atoms with Crippen molar-refractivity contribution >= 4 is 38.9 Å². The first kappa shape index (κ1) is 26.0. The molecule has 1 aliphatic heterocycles. The van der Waals surface area contributed by atoms with Gasteiger partial charge in [0, 0.05) is 38.9 Å². The van der Waals surface area contributed by atoms with E-state index in [1.54, 1.807) is 0 Å². The van der Waals surface area contributed by atoms with E-state index in [9.17, 15) is 5.26 Å². The molecular formula is C43H26N2O2. The second-order valence-electron chi connectivity index (χ2n) is 12.4. The summed E-state index contributed by atoms with van der Waals surface area (Å²) in [5.41, 5.74) is 11.6. The Morgan fingerprint density at radius 1 is 0.660 bits per heavy atom. The normalized spacial score (nSPS) is 14.8. The Hall–Kier alpha value is -6.31. The number of benzene rings is 6. The number of para-hydroxylation sites is 2. The van der Waals surface area contributed by atoms with Crippen LogP contribution in [0.25, 0.3) is 66.8 Å². The average Bonchev–Trinajstić information content (AvgIpc) is 3.79. The van der Waals surface area contributed by atoms with Crippen LogP contribution in [0.4, 0.5) is 0 Å². The van der Waals surface area contributed by atoms with E-state index in [1.807, 2.05) is 18.2 Å². The van der Waals surface area contributed by atoms with Crippen molar-refractivity contribution in [2.45, 2.75) is 12.3 Å². The van der Waals surface area contributed by atoms with Crippen LogP contribution in [-0.2, 0) is 6.42 Å². The first-order valence-electron chi connectivity index (χ1n) is 15.9. The van der Waals surface area contributed by atoms with Gasteiger partial charge >= 0.3 is 0 Å². The molecule has 0 spiro atoms. The summed E-state index contributed by atoms with van der Waals surface area (Å²) < 4.78 is 15.1. The largest absolute Gasteiger partial charge is 0.461 e. The molecule has 2 aliphatic rings. The molecule has 10 rings (SSSR count). The molecule has 0 N–H and O–H groups in total. The predicted octanol–water partition coefficient (Wildman–Crippen LogP) is 10.8. The predicted molar refractivity (Wildman–Crippen MR) is 188 cm³/mol. The van der Waals surface area contributed by atoms with Gasteiger partial charge in [0.25, 0.3) is 0 Å². The minimum absolute atomic E-state index is 0.133. The van der Waals surface area contributed by atoms with Crippen molar-refractivity contribution in [3.05, 3.63) is 162 Å². The van der Waals surface area contributed by atoms with E-state index >= 15 is 0 Å². The number of fused-ring (bicyclic) bond motifs is 9. The molecular weight excluding hydrogens is 576 g/mol. The standard InChI is InChI=1S/C43H26N2O2/c44-25-26-14-17-30(39(20-26)45-37-12-6-4-10-31(37)32-11-5-7-13-38(32)45)29-16-19-41-34(22-29)36-23-35-33-21-28(27-8-2-1-3-9-27)15-18-40(33)46-42(35)24-43(36)47-41/h1-22,24,35H,23H2. The molecule has 0 radical (unpaired) electrons. The first-order valence-corrected chi connectivity index (χ1v) is 15.9. The molecule has 220 valence electrons. The second kappa shape index (κ2) is 9.84. The molecule has 1 unspecified atom stereocenters. The van der Waals surface area contributed by atoms with Gasteiger partial charge in [-0.05, 0) is 71.6 Å². The Balaban J connectivity index is 1.12. The highest BCUT2D eigenvalue weighted by Gasteiger charge is 2.35. The minimum Gasteiger partial charge on any atom is -0.461 e. The van der Waals surface area contributed by atoms with Crippen molar-refractivity contribution in [2.75, 3.05) is 0 Å². The quantitative estimate of drug-likeness (QED) is 0.202. The van der Waals surface area contributed by atoms with Gasteiger partial charge in [0.2, 0.25) is 0 Å². The van der Waals surface area contributed by atoms with Crippen molar-refractivity contribution in [3.8, 4) is 39.8 Å². The van der Waals surface area contributed by atoms with Crippen LogP contribution < -0.4 is 4.74 Å². The number of allylic oxidation sites excluding steroid dienone is 1. The average molecular weight is 603 g/mol. The summed E-state index contributed by atoms with van der Waals surface area (Å²) in [6.45, 7) is 0. The van der Waals surface area contributed by atoms with E-state index < -0.39 is 0 Å². The van der Waals surface area contributed by atoms with Crippen molar-refractivity contribution in [3.63, 3.8) is 0 Å². The monoisotopic (exact) mass is 602 g/mol. The maximum atomic E-state index is 9.93. The zero-order valence-electron chi connectivity index (χ0n) is 25.3. The lowest BCUT2D eigenvalue weighted by atomic mass is 9.85. The highest BCUT2D eigenvalue weighted by Crippen LogP contribution is 2.49. The lowest BCUT2D eigenvalue weighted by molar-refractivity contribution is 0.425. The third kappa shape index (κ3) is 3.87. The molecule has 47 heavy (non-hydrogen) atoms. The molecule has 6 aromatic carbocycles. The lowest BCUT2D eigenvalue weighted by Gasteiger charge is -2.17. The zero-order valence-corrected chi connectivity index (χ0v) is 25.3. The molecule has 2 aromatic heterocycles. The first-order chi connectivity index (χ1) is 23.2. The Morgan fingerprint density at radius 3 is 2.19 bits per heavy atom. The van der Waals surface area contributed by atoms with Gasteiger partial charge in [-0.25, -0.2) is 0 Å². The smallest absolute Gasteiger partial charge is 0.135 e. The molecule has 0 bridgehead atoms. The number of hydrogen-bond donors (Lipinski definition) is 0. The third-order valence-electron chi connectivity index (χ3n) is 9.83. The number of nitrogens with zero attached hydrogens (tertiary/aromatic N) is 2. The fourth-order valence-corrected chi connectivity index (χ4v) is 7.62. The van der Waals surface area contributed by atoms with Crippen LogP contribution in [0.2, 0.25) is 0 Å². The van der Waals surface area contributed by atoms with Gasteiger partial charge in [-0.3, -0.25) is 0 Å². The summed E-state index contributed by atoms with van der Waals surface area (Å²) >= 11 is 0. The van der Waals surface area contributed by atoms with Crippen molar-refractivity contribution in [1.82, 2.24) is 4.57 Å². The van der Waals surface area contributed by atoms with Crippen molar-refractivity contribution in [1.29, 1.82) is 5.26 Å². The van der Waals surface area contributed by atoms with E-state index in [0.29, 0.717) is 5.56 Å². The van der Waals surface area contributed by atoms with Crippen LogP contribution in [0.5, 0.6) is 5.75 Å². The Morgan fingerprint density at radius 2 is 1.40 bits per heavy atom. The third-order valence-corrected chi connectivity index (χ3v) is 9.83.